The summed E-state index contributed by atoms with van der Waals surface area (Å²) in [6.07, 6.45) is 4.87. The van der Waals surface area contributed by atoms with Crippen molar-refractivity contribution in [2.24, 2.45) is 0 Å². The second-order valence-electron chi connectivity index (χ2n) is 6.79. The fraction of sp³-hybridized carbons (Fsp3) is 0.389. The van der Waals surface area contributed by atoms with Crippen molar-refractivity contribution in [2.75, 3.05) is 5.32 Å². The van der Waals surface area contributed by atoms with E-state index in [2.05, 4.69) is 15.6 Å². The van der Waals surface area contributed by atoms with Gasteiger partial charge in [0, 0.05) is 23.8 Å². The minimum atomic E-state index is -1.04. The van der Waals surface area contributed by atoms with E-state index in [0.717, 1.165) is 37.8 Å². The highest BCUT2D eigenvalue weighted by molar-refractivity contribution is 5.92. The lowest BCUT2D eigenvalue weighted by molar-refractivity contribution is 0.0946. The van der Waals surface area contributed by atoms with Gasteiger partial charge in [-0.15, -0.1) is 0 Å². The van der Waals surface area contributed by atoms with E-state index in [-0.39, 0.29) is 41.8 Å². The first-order valence-corrected chi connectivity index (χ1v) is 8.77. The van der Waals surface area contributed by atoms with E-state index in [0.29, 0.717) is 0 Å². The Morgan fingerprint density at radius 2 is 1.96 bits per heavy atom. The number of halogens is 2. The predicted molar refractivity (Wildman–Crippen MR) is 90.9 cm³/mol. The van der Waals surface area contributed by atoms with Crippen molar-refractivity contribution in [3.63, 3.8) is 0 Å². The maximum absolute atomic E-state index is 13.3. The second kappa shape index (κ2) is 6.98. The lowest BCUT2D eigenvalue weighted by atomic mass is 10.3. The van der Waals surface area contributed by atoms with Gasteiger partial charge >= 0.3 is 6.03 Å². The molecule has 1 heterocycles. The lowest BCUT2D eigenvalue weighted by Gasteiger charge is -2.21. The number of rotatable bonds is 6. The van der Waals surface area contributed by atoms with Crippen LogP contribution in [-0.4, -0.2) is 33.9 Å². The molecule has 0 unspecified atom stereocenters. The van der Waals surface area contributed by atoms with Crippen LogP contribution in [0.4, 0.5) is 19.3 Å². The lowest BCUT2D eigenvalue weighted by Crippen LogP contribution is -2.36. The highest BCUT2D eigenvalue weighted by Crippen LogP contribution is 2.29. The first-order valence-electron chi connectivity index (χ1n) is 8.77. The van der Waals surface area contributed by atoms with E-state index in [4.69, 9.17) is 4.42 Å². The minimum Gasteiger partial charge on any atom is -0.446 e. The molecule has 1 aromatic carbocycles. The summed E-state index contributed by atoms with van der Waals surface area (Å²) in [5.41, 5.74) is 0.329. The van der Waals surface area contributed by atoms with Gasteiger partial charge in [0.25, 0.3) is 5.91 Å². The third-order valence-electron chi connectivity index (χ3n) is 4.42. The fourth-order valence-electron chi connectivity index (χ4n) is 2.64. The van der Waals surface area contributed by atoms with Crippen molar-refractivity contribution >= 4 is 17.6 Å². The van der Waals surface area contributed by atoms with Crippen LogP contribution in [0.2, 0.25) is 0 Å². The quantitative estimate of drug-likeness (QED) is 0.811. The molecular formula is C18H18F2N4O3. The summed E-state index contributed by atoms with van der Waals surface area (Å²) >= 11 is 0. The number of carbonyl (C=O) groups excluding carboxylic acids is 2. The second-order valence-corrected chi connectivity index (χ2v) is 6.79. The Kier molecular flexibility index (Phi) is 4.51. The van der Waals surface area contributed by atoms with Gasteiger partial charge in [0.15, 0.2) is 17.3 Å². The van der Waals surface area contributed by atoms with Crippen LogP contribution >= 0.6 is 0 Å². The van der Waals surface area contributed by atoms with Crippen molar-refractivity contribution in [1.29, 1.82) is 0 Å². The fourth-order valence-corrected chi connectivity index (χ4v) is 2.64. The molecule has 7 nitrogen and oxygen atoms in total. The van der Waals surface area contributed by atoms with Gasteiger partial charge in [0.1, 0.15) is 6.26 Å². The predicted octanol–water partition coefficient (Wildman–Crippen LogP) is 3.04. The Bertz CT molecular complexity index is 877. The third-order valence-corrected chi connectivity index (χ3v) is 4.42. The Labute approximate surface area is 153 Å². The summed E-state index contributed by atoms with van der Waals surface area (Å²) in [6.45, 7) is 0.0802. The van der Waals surface area contributed by atoms with Crippen LogP contribution in [0.5, 0.6) is 0 Å². The maximum atomic E-state index is 13.3. The summed E-state index contributed by atoms with van der Waals surface area (Å²) < 4.78 is 31.7. The zero-order valence-electron chi connectivity index (χ0n) is 14.4. The van der Waals surface area contributed by atoms with Crippen molar-refractivity contribution in [1.82, 2.24) is 15.2 Å². The molecule has 0 aliphatic heterocycles. The van der Waals surface area contributed by atoms with Gasteiger partial charge in [0.2, 0.25) is 5.89 Å². The number of nitrogens with one attached hydrogen (secondary N) is 2. The maximum Gasteiger partial charge on any atom is 0.322 e. The SMILES string of the molecule is O=C(NC1CC1)c1coc(CN(C(=O)Nc2ccc(F)c(F)c2)C2CC2)n1. The number of amides is 3. The summed E-state index contributed by atoms with van der Waals surface area (Å²) in [4.78, 5) is 30.2. The number of anilines is 1. The molecule has 2 aromatic rings. The van der Waals surface area contributed by atoms with Crippen molar-refractivity contribution in [3.05, 3.63) is 47.7 Å². The van der Waals surface area contributed by atoms with E-state index in [1.165, 1.54) is 17.2 Å². The Morgan fingerprint density at radius 3 is 2.63 bits per heavy atom. The molecule has 2 saturated carbocycles. The van der Waals surface area contributed by atoms with Gasteiger partial charge in [-0.1, -0.05) is 0 Å². The average molecular weight is 376 g/mol. The van der Waals surface area contributed by atoms with Crippen LogP contribution in [0.25, 0.3) is 0 Å². The summed E-state index contributed by atoms with van der Waals surface area (Å²) in [7, 11) is 0. The highest BCUT2D eigenvalue weighted by atomic mass is 19.2. The number of aromatic nitrogens is 1. The van der Waals surface area contributed by atoms with E-state index in [1.807, 2.05) is 0 Å². The molecule has 2 fully saturated rings. The number of carbonyl (C=O) groups is 2. The number of oxazole rings is 1. The third kappa shape index (κ3) is 4.24. The van der Waals surface area contributed by atoms with Gasteiger partial charge < -0.3 is 20.0 Å². The molecule has 0 bridgehead atoms. The topological polar surface area (TPSA) is 87.5 Å². The van der Waals surface area contributed by atoms with E-state index in [1.54, 1.807) is 0 Å². The van der Waals surface area contributed by atoms with Crippen LogP contribution in [-0.2, 0) is 6.54 Å². The molecule has 4 rings (SSSR count). The van der Waals surface area contributed by atoms with Gasteiger partial charge in [-0.3, -0.25) is 4.79 Å². The number of benzene rings is 1. The highest BCUT2D eigenvalue weighted by Gasteiger charge is 2.34. The molecule has 142 valence electrons. The van der Waals surface area contributed by atoms with Crippen molar-refractivity contribution in [2.45, 2.75) is 44.3 Å². The Balaban J connectivity index is 1.41. The van der Waals surface area contributed by atoms with Crippen LogP contribution < -0.4 is 10.6 Å². The largest absolute Gasteiger partial charge is 0.446 e. The van der Waals surface area contributed by atoms with E-state index < -0.39 is 17.7 Å². The Hall–Kier alpha value is -2.97. The molecule has 9 heteroatoms. The molecule has 27 heavy (non-hydrogen) atoms. The normalized spacial score (nSPS) is 16.1. The van der Waals surface area contributed by atoms with E-state index >= 15 is 0 Å². The summed E-state index contributed by atoms with van der Waals surface area (Å²) in [6, 6.07) is 2.92. The Morgan fingerprint density at radius 1 is 1.19 bits per heavy atom. The number of urea groups is 1. The monoisotopic (exact) mass is 376 g/mol. The molecule has 0 saturated heterocycles. The van der Waals surface area contributed by atoms with Crippen LogP contribution in [0.3, 0.4) is 0 Å². The molecule has 2 aliphatic carbocycles. The number of hydrogen-bond donors (Lipinski definition) is 2. The van der Waals surface area contributed by atoms with E-state index in [9.17, 15) is 18.4 Å². The molecule has 0 radical (unpaired) electrons. The average Bonchev–Trinajstić information content (AvgIpc) is 3.56. The summed E-state index contributed by atoms with van der Waals surface area (Å²) in [5.74, 6) is -2.08. The number of nitrogens with zero attached hydrogens (tertiary/aromatic N) is 2. The van der Waals surface area contributed by atoms with Gasteiger partial charge in [-0.25, -0.2) is 18.6 Å². The zero-order valence-corrected chi connectivity index (χ0v) is 14.4. The molecule has 0 atom stereocenters. The first kappa shape index (κ1) is 17.4. The molecule has 2 N–H and O–H groups in total. The molecule has 1 aromatic heterocycles. The smallest absolute Gasteiger partial charge is 0.322 e. The molecule has 2 aliphatic rings. The number of hydrogen-bond acceptors (Lipinski definition) is 4. The van der Waals surface area contributed by atoms with Crippen LogP contribution in [0.15, 0.2) is 28.9 Å². The van der Waals surface area contributed by atoms with Crippen LogP contribution in [0.1, 0.15) is 42.1 Å². The van der Waals surface area contributed by atoms with Crippen molar-refractivity contribution < 1.29 is 22.8 Å². The molecule has 3 amide bonds. The van der Waals surface area contributed by atoms with Gasteiger partial charge in [-0.05, 0) is 37.8 Å². The zero-order chi connectivity index (χ0) is 19.0. The first-order chi connectivity index (χ1) is 13.0. The molecule has 0 spiro atoms. The van der Waals surface area contributed by atoms with Crippen LogP contribution in [0, 0.1) is 11.6 Å². The van der Waals surface area contributed by atoms with Gasteiger partial charge in [-0.2, -0.15) is 0 Å². The molecular weight excluding hydrogens is 358 g/mol. The standard InChI is InChI=1S/C18H18F2N4O3/c19-13-6-3-11(7-14(13)20)22-18(26)24(12-4-5-12)8-16-23-15(9-27-16)17(25)21-10-1-2-10/h3,6-7,9-10,12H,1-2,4-5,8H2,(H,21,25)(H,22,26). The summed E-state index contributed by atoms with van der Waals surface area (Å²) in [5, 5.41) is 5.36. The minimum absolute atomic E-state index is 0.0194. The van der Waals surface area contributed by atoms with Gasteiger partial charge in [0.05, 0.1) is 6.54 Å². The van der Waals surface area contributed by atoms with Crippen molar-refractivity contribution in [3.8, 4) is 0 Å².